The lowest BCUT2D eigenvalue weighted by atomic mass is 10.2. The van der Waals surface area contributed by atoms with Gasteiger partial charge in [0.2, 0.25) is 0 Å². The van der Waals surface area contributed by atoms with E-state index in [1.807, 2.05) is 18.2 Å². The molecule has 0 saturated carbocycles. The predicted molar refractivity (Wildman–Crippen MR) is 53.4 cm³/mol. The third-order valence-electron chi connectivity index (χ3n) is 1.90. The molecule has 0 bridgehead atoms. The molecule has 1 aromatic rings. The molecule has 4 nitrogen and oxygen atoms in total. The van der Waals surface area contributed by atoms with E-state index in [2.05, 4.69) is 5.48 Å². The maximum Gasteiger partial charge on any atom is 0.127 e. The molecule has 0 amide bonds. The van der Waals surface area contributed by atoms with E-state index in [1.165, 1.54) is 0 Å². The summed E-state index contributed by atoms with van der Waals surface area (Å²) in [5.74, 6) is 1.57. The van der Waals surface area contributed by atoms with Crippen LogP contribution in [0.15, 0.2) is 18.2 Å². The third kappa shape index (κ3) is 2.61. The molecule has 0 atom stereocenters. The molecule has 0 aromatic heterocycles. The van der Waals surface area contributed by atoms with Gasteiger partial charge in [0.15, 0.2) is 0 Å². The fraction of sp³-hybridized carbons (Fsp3) is 0.400. The monoisotopic (exact) mass is 197 g/mol. The molecule has 1 N–H and O–H groups in total. The summed E-state index contributed by atoms with van der Waals surface area (Å²) in [6.45, 7) is 0.601. The molecular formula is C10H15NO3. The largest absolute Gasteiger partial charge is 0.497 e. The van der Waals surface area contributed by atoms with Gasteiger partial charge in [0, 0.05) is 18.2 Å². The van der Waals surface area contributed by atoms with Crippen LogP contribution in [-0.4, -0.2) is 21.3 Å². The SMILES string of the molecule is CONCc1ccc(OC)cc1OC. The summed E-state index contributed by atoms with van der Waals surface area (Å²) in [4.78, 5) is 4.77. The van der Waals surface area contributed by atoms with Crippen LogP contribution in [-0.2, 0) is 11.4 Å². The van der Waals surface area contributed by atoms with Crippen LogP contribution < -0.4 is 15.0 Å². The van der Waals surface area contributed by atoms with E-state index < -0.39 is 0 Å². The van der Waals surface area contributed by atoms with Crippen molar-refractivity contribution in [2.24, 2.45) is 0 Å². The molecule has 0 spiro atoms. The average molecular weight is 197 g/mol. The number of hydroxylamine groups is 1. The minimum Gasteiger partial charge on any atom is -0.497 e. The normalized spacial score (nSPS) is 9.93. The Morgan fingerprint density at radius 2 is 1.93 bits per heavy atom. The lowest BCUT2D eigenvalue weighted by Crippen LogP contribution is -2.11. The Labute approximate surface area is 83.7 Å². The van der Waals surface area contributed by atoms with Gasteiger partial charge < -0.3 is 14.3 Å². The van der Waals surface area contributed by atoms with Gasteiger partial charge in [0.25, 0.3) is 0 Å². The molecule has 0 aliphatic carbocycles. The standard InChI is InChI=1S/C10H15NO3/c1-12-9-5-4-8(7-11-14-3)10(6-9)13-2/h4-6,11H,7H2,1-3H3. The van der Waals surface area contributed by atoms with Gasteiger partial charge in [-0.25, -0.2) is 0 Å². The van der Waals surface area contributed by atoms with E-state index in [-0.39, 0.29) is 0 Å². The molecule has 1 rings (SSSR count). The first-order chi connectivity index (χ1) is 6.81. The van der Waals surface area contributed by atoms with Crippen molar-refractivity contribution >= 4 is 0 Å². The van der Waals surface area contributed by atoms with E-state index in [9.17, 15) is 0 Å². The van der Waals surface area contributed by atoms with Crippen molar-refractivity contribution in [3.05, 3.63) is 23.8 Å². The van der Waals surface area contributed by atoms with Crippen LogP contribution in [0.1, 0.15) is 5.56 Å². The number of rotatable bonds is 5. The third-order valence-corrected chi connectivity index (χ3v) is 1.90. The molecule has 4 heteroatoms. The maximum atomic E-state index is 5.21. The second-order valence-corrected chi connectivity index (χ2v) is 2.70. The zero-order valence-corrected chi connectivity index (χ0v) is 8.66. The number of benzene rings is 1. The zero-order chi connectivity index (χ0) is 10.4. The molecule has 14 heavy (non-hydrogen) atoms. The van der Waals surface area contributed by atoms with Crippen LogP contribution in [0.3, 0.4) is 0 Å². The van der Waals surface area contributed by atoms with Crippen molar-refractivity contribution < 1.29 is 14.3 Å². The molecule has 0 unspecified atom stereocenters. The highest BCUT2D eigenvalue weighted by Gasteiger charge is 2.03. The minimum atomic E-state index is 0.601. The quantitative estimate of drug-likeness (QED) is 0.723. The van der Waals surface area contributed by atoms with Gasteiger partial charge in [-0.05, 0) is 6.07 Å². The zero-order valence-electron chi connectivity index (χ0n) is 8.66. The summed E-state index contributed by atoms with van der Waals surface area (Å²) in [5, 5.41) is 0. The number of hydrogen-bond donors (Lipinski definition) is 1. The summed E-state index contributed by atoms with van der Waals surface area (Å²) in [7, 11) is 4.84. The minimum absolute atomic E-state index is 0.601. The molecule has 1 aromatic carbocycles. The summed E-state index contributed by atoms with van der Waals surface area (Å²) in [6.07, 6.45) is 0. The van der Waals surface area contributed by atoms with Crippen LogP contribution in [0.2, 0.25) is 0 Å². The van der Waals surface area contributed by atoms with E-state index >= 15 is 0 Å². The number of ether oxygens (including phenoxy) is 2. The Hall–Kier alpha value is -1.26. The number of methoxy groups -OCH3 is 2. The molecule has 0 fully saturated rings. The van der Waals surface area contributed by atoms with Crippen LogP contribution in [0, 0.1) is 0 Å². The summed E-state index contributed by atoms with van der Waals surface area (Å²) < 4.78 is 10.3. The Kier molecular flexibility index (Phi) is 4.22. The van der Waals surface area contributed by atoms with Crippen LogP contribution >= 0.6 is 0 Å². The molecule has 0 aliphatic rings. The fourth-order valence-electron chi connectivity index (χ4n) is 1.15. The highest BCUT2D eigenvalue weighted by Crippen LogP contribution is 2.24. The van der Waals surface area contributed by atoms with Gasteiger partial charge in [0.1, 0.15) is 11.5 Å². The first kappa shape index (κ1) is 10.8. The number of nitrogens with one attached hydrogen (secondary N) is 1. The van der Waals surface area contributed by atoms with Crippen LogP contribution in [0.4, 0.5) is 0 Å². The van der Waals surface area contributed by atoms with Crippen molar-refractivity contribution in [3.8, 4) is 11.5 Å². The van der Waals surface area contributed by atoms with Gasteiger partial charge in [-0.15, -0.1) is 0 Å². The van der Waals surface area contributed by atoms with Crippen molar-refractivity contribution in [2.45, 2.75) is 6.54 Å². The van der Waals surface area contributed by atoms with Crippen LogP contribution in [0.5, 0.6) is 11.5 Å². The Bertz CT molecular complexity index is 289. The van der Waals surface area contributed by atoms with Crippen molar-refractivity contribution in [3.63, 3.8) is 0 Å². The summed E-state index contributed by atoms with van der Waals surface area (Å²) >= 11 is 0. The molecular weight excluding hydrogens is 182 g/mol. The first-order valence-corrected chi connectivity index (χ1v) is 4.28. The Morgan fingerprint density at radius 1 is 1.14 bits per heavy atom. The molecule has 0 aliphatic heterocycles. The first-order valence-electron chi connectivity index (χ1n) is 4.28. The van der Waals surface area contributed by atoms with Gasteiger partial charge in [-0.2, -0.15) is 5.48 Å². The Balaban J connectivity index is 2.82. The van der Waals surface area contributed by atoms with E-state index in [0.717, 1.165) is 17.1 Å². The molecule has 78 valence electrons. The molecule has 0 radical (unpaired) electrons. The smallest absolute Gasteiger partial charge is 0.127 e. The Morgan fingerprint density at radius 3 is 2.50 bits per heavy atom. The van der Waals surface area contributed by atoms with Gasteiger partial charge >= 0.3 is 0 Å². The van der Waals surface area contributed by atoms with Crippen molar-refractivity contribution in [1.29, 1.82) is 0 Å². The maximum absolute atomic E-state index is 5.21. The number of hydrogen-bond acceptors (Lipinski definition) is 4. The average Bonchev–Trinajstić information content (AvgIpc) is 2.26. The van der Waals surface area contributed by atoms with E-state index in [1.54, 1.807) is 21.3 Å². The highest BCUT2D eigenvalue weighted by molar-refractivity contribution is 5.40. The predicted octanol–water partition coefficient (Wildman–Crippen LogP) is 1.35. The lowest BCUT2D eigenvalue weighted by Gasteiger charge is -2.10. The van der Waals surface area contributed by atoms with Crippen molar-refractivity contribution in [2.75, 3.05) is 21.3 Å². The van der Waals surface area contributed by atoms with Crippen molar-refractivity contribution in [1.82, 2.24) is 5.48 Å². The second-order valence-electron chi connectivity index (χ2n) is 2.70. The summed E-state index contributed by atoms with van der Waals surface area (Å²) in [5.41, 5.74) is 3.78. The lowest BCUT2D eigenvalue weighted by molar-refractivity contribution is 0.0861. The van der Waals surface area contributed by atoms with E-state index in [4.69, 9.17) is 14.3 Å². The van der Waals surface area contributed by atoms with Crippen LogP contribution in [0.25, 0.3) is 0 Å². The van der Waals surface area contributed by atoms with Gasteiger partial charge in [-0.1, -0.05) is 6.07 Å². The molecule has 0 saturated heterocycles. The molecule has 0 heterocycles. The topological polar surface area (TPSA) is 39.7 Å². The van der Waals surface area contributed by atoms with Gasteiger partial charge in [0.05, 0.1) is 21.3 Å². The highest BCUT2D eigenvalue weighted by atomic mass is 16.6. The van der Waals surface area contributed by atoms with E-state index in [0.29, 0.717) is 6.54 Å². The second kappa shape index (κ2) is 5.47. The summed E-state index contributed by atoms with van der Waals surface area (Å²) in [6, 6.07) is 5.66. The fourth-order valence-corrected chi connectivity index (χ4v) is 1.15. The van der Waals surface area contributed by atoms with Gasteiger partial charge in [-0.3, -0.25) is 0 Å².